The Balaban J connectivity index is 1.36. The standard InChI is InChI=1S/C30H31F3N6O/c1-18-12-29(13-18,28-36-35-17-37(28)2)22-5-3-4-20(10-22)23-14-34-26-25(30(31,32)33)11-21(15-39(26)27(23)40)24-16-38-8-6-19(24)7-9-38/h3-5,10-11,14-15,17-19,24H,6-9,12-13,16H2,1-2H3. The average molecular weight is 549 g/mol. The van der Waals surface area contributed by atoms with E-state index in [0.717, 1.165) is 61.1 Å². The molecule has 0 N–H and O–H groups in total. The van der Waals surface area contributed by atoms with Crippen molar-refractivity contribution in [2.45, 2.75) is 50.1 Å². The maximum atomic E-state index is 14.3. The Hall–Kier alpha value is -3.53. The lowest BCUT2D eigenvalue weighted by Crippen LogP contribution is -2.46. The van der Waals surface area contributed by atoms with Crippen LogP contribution in [0.15, 0.2) is 53.8 Å². The van der Waals surface area contributed by atoms with Gasteiger partial charge in [0, 0.05) is 31.9 Å². The van der Waals surface area contributed by atoms with Crippen molar-refractivity contribution < 1.29 is 13.2 Å². The summed E-state index contributed by atoms with van der Waals surface area (Å²) >= 11 is 0. The van der Waals surface area contributed by atoms with Crippen LogP contribution in [0.1, 0.15) is 61.0 Å². The van der Waals surface area contributed by atoms with Crippen LogP contribution < -0.4 is 5.56 Å². The highest BCUT2D eigenvalue weighted by atomic mass is 19.4. The van der Waals surface area contributed by atoms with Crippen LogP contribution in [0.4, 0.5) is 13.2 Å². The molecule has 1 aromatic carbocycles. The van der Waals surface area contributed by atoms with Crippen molar-refractivity contribution in [1.29, 1.82) is 0 Å². The number of halogens is 3. The number of fused-ring (bicyclic) bond motifs is 4. The van der Waals surface area contributed by atoms with E-state index >= 15 is 0 Å². The first-order chi connectivity index (χ1) is 19.1. The summed E-state index contributed by atoms with van der Waals surface area (Å²) in [6.07, 6.45) is 3.69. The number of hydrogen-bond donors (Lipinski definition) is 0. The highest BCUT2D eigenvalue weighted by Crippen LogP contribution is 2.52. The molecule has 1 atom stereocenters. The van der Waals surface area contributed by atoms with Gasteiger partial charge in [0.05, 0.1) is 16.5 Å². The molecule has 4 aliphatic rings. The van der Waals surface area contributed by atoms with E-state index in [-0.39, 0.29) is 22.5 Å². The molecule has 3 aliphatic heterocycles. The molecule has 3 aromatic heterocycles. The summed E-state index contributed by atoms with van der Waals surface area (Å²) in [5.74, 6) is 1.68. The number of aromatic nitrogens is 5. The first-order valence-corrected chi connectivity index (χ1v) is 13.9. The molecule has 1 saturated carbocycles. The third-order valence-electron chi connectivity index (χ3n) is 9.47. The van der Waals surface area contributed by atoms with Gasteiger partial charge in [-0.3, -0.25) is 9.20 Å². The van der Waals surface area contributed by atoms with E-state index in [1.807, 2.05) is 35.9 Å². The van der Waals surface area contributed by atoms with Crippen LogP contribution in [-0.2, 0) is 18.6 Å². The summed E-state index contributed by atoms with van der Waals surface area (Å²) in [5.41, 5.74) is 0.452. The molecule has 0 amide bonds. The minimum Gasteiger partial charge on any atom is -0.320 e. The van der Waals surface area contributed by atoms with Gasteiger partial charge >= 0.3 is 6.18 Å². The zero-order valence-electron chi connectivity index (χ0n) is 22.5. The van der Waals surface area contributed by atoms with Crippen molar-refractivity contribution in [3.8, 4) is 11.1 Å². The monoisotopic (exact) mass is 548 g/mol. The number of piperidine rings is 3. The molecule has 1 unspecified atom stereocenters. The molecule has 3 saturated heterocycles. The van der Waals surface area contributed by atoms with Gasteiger partial charge in [-0.2, -0.15) is 13.2 Å². The zero-order chi connectivity index (χ0) is 27.8. The van der Waals surface area contributed by atoms with E-state index in [9.17, 15) is 18.0 Å². The molecule has 40 heavy (non-hydrogen) atoms. The smallest absolute Gasteiger partial charge is 0.320 e. The number of alkyl halides is 3. The van der Waals surface area contributed by atoms with Gasteiger partial charge in [-0.05, 0) is 79.4 Å². The third kappa shape index (κ3) is 3.90. The average Bonchev–Trinajstić information content (AvgIpc) is 3.37. The van der Waals surface area contributed by atoms with Gasteiger partial charge in [-0.25, -0.2) is 4.98 Å². The lowest BCUT2D eigenvalue weighted by atomic mass is 9.58. The van der Waals surface area contributed by atoms with Crippen LogP contribution >= 0.6 is 0 Å². The van der Waals surface area contributed by atoms with E-state index < -0.39 is 17.3 Å². The molecular formula is C30H31F3N6O. The first kappa shape index (κ1) is 25.4. The summed E-state index contributed by atoms with van der Waals surface area (Å²) in [5, 5.41) is 8.50. The molecule has 208 valence electrons. The predicted molar refractivity (Wildman–Crippen MR) is 144 cm³/mol. The molecule has 4 aromatic rings. The van der Waals surface area contributed by atoms with Crippen molar-refractivity contribution in [3.63, 3.8) is 0 Å². The van der Waals surface area contributed by atoms with Gasteiger partial charge in [0.1, 0.15) is 12.2 Å². The summed E-state index contributed by atoms with van der Waals surface area (Å²) in [4.78, 5) is 20.4. The van der Waals surface area contributed by atoms with Crippen molar-refractivity contribution in [3.05, 3.63) is 81.9 Å². The quantitative estimate of drug-likeness (QED) is 0.358. The fourth-order valence-electron chi connectivity index (χ4n) is 7.54. The molecule has 8 rings (SSSR count). The molecule has 0 radical (unpaired) electrons. The minimum atomic E-state index is -4.63. The number of benzene rings is 1. The molecule has 6 heterocycles. The molecule has 7 nitrogen and oxygen atoms in total. The van der Waals surface area contributed by atoms with Gasteiger partial charge in [-0.1, -0.05) is 25.1 Å². The zero-order valence-corrected chi connectivity index (χ0v) is 22.5. The highest BCUT2D eigenvalue weighted by Gasteiger charge is 2.48. The van der Waals surface area contributed by atoms with E-state index in [1.54, 1.807) is 12.5 Å². The van der Waals surface area contributed by atoms with Gasteiger partial charge in [0.2, 0.25) is 0 Å². The topological polar surface area (TPSA) is 68.3 Å². The Morgan fingerprint density at radius 2 is 1.88 bits per heavy atom. The summed E-state index contributed by atoms with van der Waals surface area (Å²) in [6, 6.07) is 8.93. The second-order valence-corrected chi connectivity index (χ2v) is 12.0. The van der Waals surface area contributed by atoms with Crippen molar-refractivity contribution in [2.24, 2.45) is 18.9 Å². The molecule has 1 aliphatic carbocycles. The van der Waals surface area contributed by atoms with Crippen LogP contribution in [0.25, 0.3) is 16.8 Å². The largest absolute Gasteiger partial charge is 0.419 e. The number of hydrogen-bond acceptors (Lipinski definition) is 5. The minimum absolute atomic E-state index is 0.0289. The van der Waals surface area contributed by atoms with Crippen LogP contribution in [0.5, 0.6) is 0 Å². The van der Waals surface area contributed by atoms with Gasteiger partial charge < -0.3 is 9.47 Å². The third-order valence-corrected chi connectivity index (χ3v) is 9.47. The first-order valence-electron chi connectivity index (χ1n) is 13.9. The van der Waals surface area contributed by atoms with Gasteiger partial charge in [-0.15, -0.1) is 10.2 Å². The number of nitrogens with zero attached hydrogens (tertiary/aromatic N) is 6. The van der Waals surface area contributed by atoms with Crippen molar-refractivity contribution >= 4 is 5.65 Å². The van der Waals surface area contributed by atoms with Gasteiger partial charge in [0.25, 0.3) is 5.56 Å². The Morgan fingerprint density at radius 3 is 2.50 bits per heavy atom. The number of rotatable bonds is 4. The maximum Gasteiger partial charge on any atom is 0.419 e. The second-order valence-electron chi connectivity index (χ2n) is 12.0. The maximum absolute atomic E-state index is 14.3. The lowest BCUT2D eigenvalue weighted by molar-refractivity contribution is -0.136. The highest BCUT2D eigenvalue weighted by molar-refractivity contribution is 5.66. The molecule has 10 heteroatoms. The van der Waals surface area contributed by atoms with Crippen LogP contribution in [0, 0.1) is 11.8 Å². The Kier molecular flexibility index (Phi) is 5.72. The van der Waals surface area contributed by atoms with Crippen LogP contribution in [0.2, 0.25) is 0 Å². The van der Waals surface area contributed by atoms with E-state index in [1.165, 1.54) is 12.3 Å². The van der Waals surface area contributed by atoms with Crippen LogP contribution in [0.3, 0.4) is 0 Å². The fourth-order valence-corrected chi connectivity index (χ4v) is 7.54. The summed E-state index contributed by atoms with van der Waals surface area (Å²) in [7, 11) is 1.93. The molecule has 0 spiro atoms. The van der Waals surface area contributed by atoms with E-state index in [2.05, 4.69) is 27.0 Å². The Morgan fingerprint density at radius 1 is 1.10 bits per heavy atom. The SMILES string of the molecule is CC1CC(c2cccc(-c3cnc4c(C(F)(F)F)cc(C5CN6CCC5CC6)cn4c3=O)c2)(c2nncn2C)C1. The fraction of sp³-hybridized carbons (Fsp3) is 0.467. The summed E-state index contributed by atoms with van der Waals surface area (Å²) < 4.78 is 45.8. The van der Waals surface area contributed by atoms with E-state index in [4.69, 9.17) is 0 Å². The summed E-state index contributed by atoms with van der Waals surface area (Å²) in [6.45, 7) is 4.89. The van der Waals surface area contributed by atoms with Crippen molar-refractivity contribution in [2.75, 3.05) is 19.6 Å². The van der Waals surface area contributed by atoms with E-state index in [0.29, 0.717) is 23.0 Å². The number of aryl methyl sites for hydroxylation is 1. The predicted octanol–water partition coefficient (Wildman–Crippen LogP) is 5.03. The second kappa shape index (κ2) is 8.99. The molecule has 2 bridgehead atoms. The van der Waals surface area contributed by atoms with Crippen molar-refractivity contribution in [1.82, 2.24) is 29.0 Å². The lowest BCUT2D eigenvalue weighted by Gasteiger charge is -2.46. The molecule has 4 fully saturated rings. The molecular weight excluding hydrogens is 517 g/mol. The number of pyridine rings is 1. The van der Waals surface area contributed by atoms with Gasteiger partial charge in [0.15, 0.2) is 5.65 Å². The van der Waals surface area contributed by atoms with Crippen LogP contribution in [-0.4, -0.2) is 48.7 Å². The Bertz CT molecular complexity index is 1660. The Labute approximate surface area is 229 Å². The normalized spacial score (nSPS) is 28.1.